The lowest BCUT2D eigenvalue weighted by molar-refractivity contribution is 0.393. The van der Waals surface area contributed by atoms with E-state index in [0.717, 1.165) is 49.7 Å². The molecule has 1 heterocycles. The molecule has 0 unspecified atom stereocenters. The van der Waals surface area contributed by atoms with Crippen LogP contribution in [0.3, 0.4) is 0 Å². The molecule has 2 aromatic carbocycles. The normalized spacial score (nSPS) is 15.0. The number of guanidine groups is 1. The van der Waals surface area contributed by atoms with Crippen LogP contribution < -0.4 is 25.0 Å². The molecule has 3 N–H and O–H groups in total. The van der Waals surface area contributed by atoms with Gasteiger partial charge in [-0.1, -0.05) is 6.07 Å². The molecule has 1 aliphatic rings. The fourth-order valence-corrected chi connectivity index (χ4v) is 3.59. The van der Waals surface area contributed by atoms with Gasteiger partial charge >= 0.3 is 0 Å². The molecular formula is C23H31FN4O3. The highest BCUT2D eigenvalue weighted by molar-refractivity contribution is 5.80. The van der Waals surface area contributed by atoms with E-state index in [9.17, 15) is 9.50 Å². The van der Waals surface area contributed by atoms with Crippen LogP contribution in [0.2, 0.25) is 0 Å². The zero-order chi connectivity index (χ0) is 22.2. The summed E-state index contributed by atoms with van der Waals surface area (Å²) >= 11 is 0. The molecule has 0 atom stereocenters. The number of anilines is 1. The molecule has 0 radical (unpaired) electrons. The van der Waals surface area contributed by atoms with Gasteiger partial charge in [-0.3, -0.25) is 0 Å². The number of nitrogens with zero attached hydrogens (tertiary/aromatic N) is 2. The van der Waals surface area contributed by atoms with Crippen LogP contribution in [0, 0.1) is 5.82 Å². The van der Waals surface area contributed by atoms with Gasteiger partial charge in [-0.2, -0.15) is 0 Å². The van der Waals surface area contributed by atoms with E-state index < -0.39 is 5.82 Å². The highest BCUT2D eigenvalue weighted by Gasteiger charge is 2.21. The van der Waals surface area contributed by atoms with Crippen molar-refractivity contribution in [2.75, 3.05) is 38.8 Å². The summed E-state index contributed by atoms with van der Waals surface area (Å²) in [6.45, 7) is 4.87. The average Bonchev–Trinajstić information content (AvgIpc) is 2.80. The maximum absolute atomic E-state index is 13.5. The van der Waals surface area contributed by atoms with Crippen molar-refractivity contribution < 1.29 is 19.0 Å². The topological polar surface area (TPSA) is 78.4 Å². The van der Waals surface area contributed by atoms with Crippen molar-refractivity contribution in [3.63, 3.8) is 0 Å². The van der Waals surface area contributed by atoms with Crippen molar-refractivity contribution in [2.24, 2.45) is 4.99 Å². The summed E-state index contributed by atoms with van der Waals surface area (Å²) in [7, 11) is 3.31. The second-order valence-electron chi connectivity index (χ2n) is 7.46. The smallest absolute Gasteiger partial charge is 0.191 e. The van der Waals surface area contributed by atoms with E-state index >= 15 is 0 Å². The Bertz CT molecular complexity index is 876. The van der Waals surface area contributed by atoms with Crippen LogP contribution in [0.4, 0.5) is 10.1 Å². The summed E-state index contributed by atoms with van der Waals surface area (Å²) in [5.41, 5.74) is 1.79. The summed E-state index contributed by atoms with van der Waals surface area (Å²) < 4.78 is 24.3. The number of phenols is 1. The van der Waals surface area contributed by atoms with Gasteiger partial charge in [0.1, 0.15) is 11.5 Å². The Balaban J connectivity index is 1.59. The zero-order valence-corrected chi connectivity index (χ0v) is 18.3. The van der Waals surface area contributed by atoms with E-state index in [4.69, 9.17) is 9.47 Å². The van der Waals surface area contributed by atoms with E-state index in [-0.39, 0.29) is 11.8 Å². The van der Waals surface area contributed by atoms with Crippen LogP contribution in [0.25, 0.3) is 0 Å². The standard InChI is InChI=1S/C23H31FN4O3/c1-4-25-23(26-15-16-5-6-22(29)21(24)11-16)27-17-7-9-28(10-8-17)18-12-19(30-2)14-20(13-18)31-3/h5-6,11-14,17,29H,4,7-10,15H2,1-3H3,(H2,25,26,27). The number of piperidine rings is 1. The van der Waals surface area contributed by atoms with Gasteiger partial charge in [-0.05, 0) is 37.5 Å². The van der Waals surface area contributed by atoms with Gasteiger partial charge in [0.05, 0.1) is 20.8 Å². The van der Waals surface area contributed by atoms with Gasteiger partial charge in [-0.15, -0.1) is 0 Å². The van der Waals surface area contributed by atoms with Crippen LogP contribution in [0.1, 0.15) is 25.3 Å². The predicted octanol–water partition coefficient (Wildman–Crippen LogP) is 3.27. The van der Waals surface area contributed by atoms with Crippen LogP contribution in [-0.2, 0) is 6.54 Å². The number of benzene rings is 2. The molecule has 1 saturated heterocycles. The van der Waals surface area contributed by atoms with Gasteiger partial charge in [0, 0.05) is 49.6 Å². The number of aliphatic imine (C=N–C) groups is 1. The summed E-state index contributed by atoms with van der Waals surface area (Å²) in [4.78, 5) is 6.90. The first kappa shape index (κ1) is 22.5. The third-order valence-corrected chi connectivity index (χ3v) is 5.31. The molecule has 7 nitrogen and oxygen atoms in total. The van der Waals surface area contributed by atoms with E-state index in [2.05, 4.69) is 20.5 Å². The molecule has 31 heavy (non-hydrogen) atoms. The van der Waals surface area contributed by atoms with Gasteiger partial charge < -0.3 is 30.1 Å². The molecule has 0 saturated carbocycles. The Kier molecular flexibility index (Phi) is 7.81. The highest BCUT2D eigenvalue weighted by atomic mass is 19.1. The summed E-state index contributed by atoms with van der Waals surface area (Å²) in [5, 5.41) is 16.1. The lowest BCUT2D eigenvalue weighted by Gasteiger charge is -2.34. The molecule has 3 rings (SSSR count). The van der Waals surface area contributed by atoms with Crippen molar-refractivity contribution in [1.82, 2.24) is 10.6 Å². The Morgan fingerprint density at radius 3 is 2.39 bits per heavy atom. The molecule has 0 aliphatic carbocycles. The van der Waals surface area contributed by atoms with Gasteiger partial charge in [-0.25, -0.2) is 9.38 Å². The number of hydrogen-bond acceptors (Lipinski definition) is 5. The Hall–Kier alpha value is -3.16. The second-order valence-corrected chi connectivity index (χ2v) is 7.46. The molecule has 0 amide bonds. The summed E-state index contributed by atoms with van der Waals surface area (Å²) in [5.74, 6) is 1.28. The van der Waals surface area contributed by atoms with Gasteiger partial charge in [0.2, 0.25) is 0 Å². The first-order valence-corrected chi connectivity index (χ1v) is 10.5. The van der Waals surface area contributed by atoms with Crippen molar-refractivity contribution in [3.05, 3.63) is 47.8 Å². The lowest BCUT2D eigenvalue weighted by Crippen LogP contribution is -2.48. The number of nitrogens with one attached hydrogen (secondary N) is 2. The van der Waals surface area contributed by atoms with Gasteiger partial charge in [0.25, 0.3) is 0 Å². The minimum atomic E-state index is -0.632. The lowest BCUT2D eigenvalue weighted by atomic mass is 10.0. The number of aromatic hydroxyl groups is 1. The van der Waals surface area contributed by atoms with Gasteiger partial charge in [0.15, 0.2) is 17.5 Å². The quantitative estimate of drug-likeness (QED) is 0.462. The van der Waals surface area contributed by atoms with Crippen molar-refractivity contribution >= 4 is 11.6 Å². The van der Waals surface area contributed by atoms with Crippen molar-refractivity contribution in [1.29, 1.82) is 0 Å². The fourth-order valence-electron chi connectivity index (χ4n) is 3.59. The third-order valence-electron chi connectivity index (χ3n) is 5.31. The average molecular weight is 431 g/mol. The van der Waals surface area contributed by atoms with Crippen LogP contribution >= 0.6 is 0 Å². The van der Waals surface area contributed by atoms with Crippen molar-refractivity contribution in [3.8, 4) is 17.2 Å². The summed E-state index contributed by atoms with van der Waals surface area (Å²) in [6, 6.07) is 10.5. The highest BCUT2D eigenvalue weighted by Crippen LogP contribution is 2.30. The second kappa shape index (κ2) is 10.7. The van der Waals surface area contributed by atoms with E-state index in [0.29, 0.717) is 18.1 Å². The molecule has 0 spiro atoms. The Morgan fingerprint density at radius 2 is 1.81 bits per heavy atom. The molecule has 0 bridgehead atoms. The van der Waals surface area contributed by atoms with Crippen molar-refractivity contribution in [2.45, 2.75) is 32.4 Å². The van der Waals surface area contributed by atoms with Crippen LogP contribution in [0.5, 0.6) is 17.2 Å². The first-order valence-electron chi connectivity index (χ1n) is 10.5. The van der Waals surface area contributed by atoms with E-state index in [1.807, 2.05) is 25.1 Å². The number of methoxy groups -OCH3 is 2. The maximum Gasteiger partial charge on any atom is 0.191 e. The first-order chi connectivity index (χ1) is 15.0. The SMILES string of the molecule is CCNC(=NCc1ccc(O)c(F)c1)NC1CCN(c2cc(OC)cc(OC)c2)CC1. The molecule has 168 valence electrons. The maximum atomic E-state index is 13.5. The molecule has 2 aromatic rings. The predicted molar refractivity (Wildman–Crippen MR) is 121 cm³/mol. The number of phenolic OH excluding ortho intramolecular Hbond substituents is 1. The van der Waals surface area contributed by atoms with Crippen LogP contribution in [0.15, 0.2) is 41.4 Å². The van der Waals surface area contributed by atoms with E-state index in [1.54, 1.807) is 20.3 Å². The Labute approximate surface area is 182 Å². The third kappa shape index (κ3) is 6.16. The zero-order valence-electron chi connectivity index (χ0n) is 18.3. The number of hydrogen-bond donors (Lipinski definition) is 3. The molecule has 1 aliphatic heterocycles. The van der Waals surface area contributed by atoms with Crippen LogP contribution in [-0.4, -0.2) is 51.0 Å². The number of halogens is 1. The molecule has 1 fully saturated rings. The fraction of sp³-hybridized carbons (Fsp3) is 0.435. The molecular weight excluding hydrogens is 399 g/mol. The number of ether oxygens (including phenoxy) is 2. The molecule has 0 aromatic heterocycles. The van der Waals surface area contributed by atoms with E-state index in [1.165, 1.54) is 12.1 Å². The minimum Gasteiger partial charge on any atom is -0.505 e. The Morgan fingerprint density at radius 1 is 1.13 bits per heavy atom. The summed E-state index contributed by atoms with van der Waals surface area (Å²) in [6.07, 6.45) is 1.91. The number of rotatable bonds is 7. The minimum absolute atomic E-state index is 0.290. The molecule has 8 heteroatoms. The largest absolute Gasteiger partial charge is 0.505 e. The monoisotopic (exact) mass is 430 g/mol.